The van der Waals surface area contributed by atoms with E-state index in [0.717, 1.165) is 0 Å². The van der Waals surface area contributed by atoms with E-state index in [1.165, 1.54) is 18.2 Å². The third kappa shape index (κ3) is 2.23. The number of hydrogen-bond acceptors (Lipinski definition) is 5. The Bertz CT molecular complexity index is 1180. The van der Waals surface area contributed by atoms with Gasteiger partial charge in [0.05, 0.1) is 16.2 Å². The molecule has 2 aromatic carbocycles. The number of nitro groups is 1. The predicted octanol–water partition coefficient (Wildman–Crippen LogP) is 4.98. The number of non-ortho nitro benzene ring substituents is 1. The van der Waals surface area contributed by atoms with Crippen molar-refractivity contribution in [3.63, 3.8) is 0 Å². The van der Waals surface area contributed by atoms with Gasteiger partial charge in [-0.25, -0.2) is 0 Å². The van der Waals surface area contributed by atoms with Crippen LogP contribution in [0.5, 0.6) is 5.88 Å². The fourth-order valence-corrected chi connectivity index (χ4v) is 3.13. The number of aromatic amines is 2. The maximum atomic E-state index is 11.4. The predicted molar refractivity (Wildman–Crippen MR) is 94.4 cm³/mol. The first kappa shape index (κ1) is 15.2. The van der Waals surface area contributed by atoms with E-state index < -0.39 is 4.92 Å². The fourth-order valence-electron chi connectivity index (χ4n) is 2.96. The van der Waals surface area contributed by atoms with Crippen molar-refractivity contribution in [3.05, 3.63) is 56.4 Å². The minimum Gasteiger partial charge on any atom is -0.494 e. The van der Waals surface area contributed by atoms with Crippen molar-refractivity contribution < 1.29 is 10.0 Å². The summed E-state index contributed by atoms with van der Waals surface area (Å²) < 4.78 is 0. The lowest BCUT2D eigenvalue weighted by atomic mass is 10.1. The van der Waals surface area contributed by atoms with Gasteiger partial charge in [-0.2, -0.15) is 0 Å². The quantitative estimate of drug-likeness (QED) is 0.272. The molecule has 0 aliphatic rings. The molecule has 0 saturated heterocycles. The van der Waals surface area contributed by atoms with E-state index in [-0.39, 0.29) is 28.5 Å². The number of rotatable bonds is 3. The van der Waals surface area contributed by atoms with Gasteiger partial charge in [-0.1, -0.05) is 11.6 Å². The number of aromatic hydroxyl groups is 1. The van der Waals surface area contributed by atoms with Gasteiger partial charge in [0.25, 0.3) is 5.69 Å². The van der Waals surface area contributed by atoms with E-state index in [2.05, 4.69) is 15.1 Å². The minimum absolute atomic E-state index is 0.0696. The van der Waals surface area contributed by atoms with Crippen LogP contribution in [0.15, 0.2) is 41.6 Å². The summed E-state index contributed by atoms with van der Waals surface area (Å²) in [5.74, 6) is -0.224. The fraction of sp³-hybridized carbons (Fsp3) is 0. The Kier molecular flexibility index (Phi) is 3.22. The van der Waals surface area contributed by atoms with Crippen molar-refractivity contribution in [2.45, 2.75) is 0 Å². The van der Waals surface area contributed by atoms with E-state index >= 15 is 0 Å². The van der Waals surface area contributed by atoms with Crippen molar-refractivity contribution in [1.29, 1.82) is 0 Å². The van der Waals surface area contributed by atoms with Crippen LogP contribution < -0.4 is 0 Å². The summed E-state index contributed by atoms with van der Waals surface area (Å²) in [6.07, 6.45) is 0. The molecule has 4 rings (SSSR count). The zero-order chi connectivity index (χ0) is 17.7. The zero-order valence-electron chi connectivity index (χ0n) is 12.4. The van der Waals surface area contributed by atoms with Crippen LogP contribution in [0.2, 0.25) is 5.02 Å². The highest BCUT2D eigenvalue weighted by atomic mass is 35.5. The summed E-state index contributed by atoms with van der Waals surface area (Å²) in [6, 6.07) is 9.06. The van der Waals surface area contributed by atoms with Crippen LogP contribution in [0.3, 0.4) is 0 Å². The van der Waals surface area contributed by atoms with Crippen LogP contribution in [0, 0.1) is 15.0 Å². The lowest BCUT2D eigenvalue weighted by Crippen LogP contribution is -1.87. The van der Waals surface area contributed by atoms with Gasteiger partial charge in [0.15, 0.2) is 5.88 Å². The molecule has 0 fully saturated rings. The number of hydrogen-bond donors (Lipinski definition) is 3. The molecule has 9 heteroatoms. The molecule has 3 N–H and O–H groups in total. The van der Waals surface area contributed by atoms with Crippen LogP contribution in [-0.4, -0.2) is 20.0 Å². The number of halogens is 1. The van der Waals surface area contributed by atoms with Crippen LogP contribution in [0.4, 0.5) is 11.4 Å². The number of nitrogens with one attached hydrogen (secondary N) is 2. The highest BCUT2D eigenvalue weighted by Crippen LogP contribution is 2.45. The summed E-state index contributed by atoms with van der Waals surface area (Å²) >= 11 is 5.98. The third-order valence-electron chi connectivity index (χ3n) is 4.05. The van der Waals surface area contributed by atoms with Gasteiger partial charge < -0.3 is 15.1 Å². The minimum atomic E-state index is -0.531. The molecule has 2 aromatic heterocycles. The number of nitrogens with zero attached hydrogens (tertiary/aromatic N) is 2. The van der Waals surface area contributed by atoms with Gasteiger partial charge in [-0.3, -0.25) is 10.1 Å². The maximum absolute atomic E-state index is 11.4. The molecule has 4 aromatic rings. The maximum Gasteiger partial charge on any atom is 0.270 e. The second-order valence-electron chi connectivity index (χ2n) is 5.47. The van der Waals surface area contributed by atoms with E-state index in [1.807, 2.05) is 0 Å². The van der Waals surface area contributed by atoms with Gasteiger partial charge in [0, 0.05) is 39.0 Å². The van der Waals surface area contributed by atoms with E-state index in [9.17, 15) is 20.1 Å². The average Bonchev–Trinajstić information content (AvgIpc) is 3.09. The highest BCUT2D eigenvalue weighted by molar-refractivity contribution is 6.31. The zero-order valence-corrected chi connectivity index (χ0v) is 13.2. The second kappa shape index (κ2) is 5.32. The molecular formula is C16H9ClN4O4. The first-order valence-corrected chi connectivity index (χ1v) is 7.51. The molecule has 0 unspecified atom stereocenters. The molecule has 25 heavy (non-hydrogen) atoms. The van der Waals surface area contributed by atoms with Crippen LogP contribution in [0.25, 0.3) is 33.1 Å². The molecule has 124 valence electrons. The van der Waals surface area contributed by atoms with Gasteiger partial charge in [-0.15, -0.1) is 4.91 Å². The molecule has 0 spiro atoms. The smallest absolute Gasteiger partial charge is 0.270 e. The van der Waals surface area contributed by atoms with Gasteiger partial charge >= 0.3 is 0 Å². The topological polar surface area (TPSA) is 124 Å². The summed E-state index contributed by atoms with van der Waals surface area (Å²) in [7, 11) is 0. The SMILES string of the molecule is O=Nc1c(-c2c(O)[nH]c3ccc([N+](=O)[O-])cc23)[nH]c2ccc(Cl)cc12. The van der Waals surface area contributed by atoms with Crippen molar-refractivity contribution in [2.75, 3.05) is 0 Å². The highest BCUT2D eigenvalue weighted by Gasteiger charge is 2.22. The Morgan fingerprint density at radius 3 is 2.52 bits per heavy atom. The Morgan fingerprint density at radius 2 is 1.80 bits per heavy atom. The molecule has 0 bridgehead atoms. The molecule has 0 radical (unpaired) electrons. The van der Waals surface area contributed by atoms with E-state index in [0.29, 0.717) is 26.8 Å². The molecule has 0 aliphatic heterocycles. The van der Waals surface area contributed by atoms with Gasteiger partial charge in [0.1, 0.15) is 5.69 Å². The molecule has 0 amide bonds. The normalized spacial score (nSPS) is 11.2. The first-order chi connectivity index (χ1) is 12.0. The molecule has 0 atom stereocenters. The standard InChI is InChI=1S/C16H9ClN4O4/c17-7-1-3-12-10(5-7)14(20-23)15(18-12)13-9-6-8(21(24)25)2-4-11(9)19-16(13)22/h1-6,18-19,22H. The molecule has 0 saturated carbocycles. The summed E-state index contributed by atoms with van der Waals surface area (Å²) in [5.41, 5.74) is 1.53. The Morgan fingerprint density at radius 1 is 1.08 bits per heavy atom. The number of nitro benzene ring substituents is 1. The van der Waals surface area contributed by atoms with Crippen molar-refractivity contribution in [1.82, 2.24) is 9.97 Å². The van der Waals surface area contributed by atoms with Crippen LogP contribution in [0.1, 0.15) is 0 Å². The van der Waals surface area contributed by atoms with Gasteiger partial charge in [-0.05, 0) is 29.4 Å². The number of nitroso groups, excluding NO2 is 1. The summed E-state index contributed by atoms with van der Waals surface area (Å²) in [4.78, 5) is 27.7. The number of benzene rings is 2. The first-order valence-electron chi connectivity index (χ1n) is 7.13. The van der Waals surface area contributed by atoms with Crippen LogP contribution >= 0.6 is 11.6 Å². The summed E-state index contributed by atoms with van der Waals surface area (Å²) in [5, 5.41) is 25.7. The summed E-state index contributed by atoms with van der Waals surface area (Å²) in [6.45, 7) is 0. The third-order valence-corrected chi connectivity index (χ3v) is 4.28. The lowest BCUT2D eigenvalue weighted by molar-refractivity contribution is -0.384. The monoisotopic (exact) mass is 356 g/mol. The van der Waals surface area contributed by atoms with Crippen molar-refractivity contribution in [2.24, 2.45) is 5.18 Å². The van der Waals surface area contributed by atoms with Crippen LogP contribution in [-0.2, 0) is 0 Å². The largest absolute Gasteiger partial charge is 0.494 e. The average molecular weight is 357 g/mol. The molecule has 8 nitrogen and oxygen atoms in total. The number of aromatic nitrogens is 2. The van der Waals surface area contributed by atoms with Crippen molar-refractivity contribution in [3.8, 4) is 17.1 Å². The molecular weight excluding hydrogens is 348 g/mol. The number of fused-ring (bicyclic) bond motifs is 2. The second-order valence-corrected chi connectivity index (χ2v) is 5.90. The van der Waals surface area contributed by atoms with E-state index in [1.54, 1.807) is 18.2 Å². The Labute approximate surface area is 144 Å². The Hall–Kier alpha value is -3.39. The van der Waals surface area contributed by atoms with Crippen molar-refractivity contribution >= 4 is 44.8 Å². The van der Waals surface area contributed by atoms with E-state index in [4.69, 9.17) is 11.6 Å². The Balaban J connectivity index is 2.09. The lowest BCUT2D eigenvalue weighted by Gasteiger charge is -1.99. The molecule has 2 heterocycles. The van der Waals surface area contributed by atoms with Gasteiger partial charge in [0.2, 0.25) is 0 Å². The number of H-pyrrole nitrogens is 2. The molecule has 0 aliphatic carbocycles.